The van der Waals surface area contributed by atoms with E-state index in [1.165, 1.54) is 37.7 Å². The smallest absolute Gasteiger partial charge is 0.153 e. The molecule has 0 bridgehead atoms. The third kappa shape index (κ3) is 4.09. The van der Waals surface area contributed by atoms with E-state index in [4.69, 9.17) is 4.74 Å². The highest BCUT2D eigenvalue weighted by atomic mass is 16.5. The molecule has 2 rings (SSSR count). The molecule has 2 heteroatoms. The van der Waals surface area contributed by atoms with Gasteiger partial charge in [0, 0.05) is 0 Å². The maximum Gasteiger partial charge on any atom is 0.153 e. The van der Waals surface area contributed by atoms with Crippen molar-refractivity contribution in [2.24, 2.45) is 5.92 Å². The van der Waals surface area contributed by atoms with Gasteiger partial charge in [0.25, 0.3) is 0 Å². The Labute approximate surface area is 116 Å². The Bertz CT molecular complexity index is 406. The summed E-state index contributed by atoms with van der Waals surface area (Å²) in [5.41, 5.74) is 1.87. The molecular weight excluding hydrogens is 236 g/mol. The number of rotatable bonds is 6. The Morgan fingerprint density at radius 3 is 2.74 bits per heavy atom. The van der Waals surface area contributed by atoms with E-state index >= 15 is 0 Å². The van der Waals surface area contributed by atoms with Gasteiger partial charge in [-0.05, 0) is 36.5 Å². The van der Waals surface area contributed by atoms with Gasteiger partial charge in [-0.2, -0.15) is 0 Å². The van der Waals surface area contributed by atoms with Crippen LogP contribution in [0.25, 0.3) is 0 Å². The summed E-state index contributed by atoms with van der Waals surface area (Å²) in [7, 11) is 0. The number of carbonyl (C=O) groups is 1. The van der Waals surface area contributed by atoms with Crippen LogP contribution in [0.15, 0.2) is 18.2 Å². The highest BCUT2D eigenvalue weighted by molar-refractivity contribution is 5.79. The second-order valence-corrected chi connectivity index (χ2v) is 5.48. The number of benzene rings is 1. The minimum Gasteiger partial charge on any atom is -0.493 e. The molecule has 0 aromatic heterocycles. The van der Waals surface area contributed by atoms with Gasteiger partial charge in [-0.15, -0.1) is 0 Å². The Kier molecular flexibility index (Phi) is 5.44. The van der Waals surface area contributed by atoms with Crippen molar-refractivity contribution in [3.63, 3.8) is 0 Å². The first-order valence-electron chi connectivity index (χ1n) is 7.54. The van der Waals surface area contributed by atoms with E-state index in [-0.39, 0.29) is 0 Å². The van der Waals surface area contributed by atoms with Crippen molar-refractivity contribution in [1.82, 2.24) is 0 Å². The van der Waals surface area contributed by atoms with Gasteiger partial charge in [-0.3, -0.25) is 4.79 Å². The van der Waals surface area contributed by atoms with E-state index in [1.807, 2.05) is 18.2 Å². The number of aldehydes is 1. The quantitative estimate of drug-likeness (QED) is 0.708. The average molecular weight is 260 g/mol. The van der Waals surface area contributed by atoms with Crippen molar-refractivity contribution in [3.8, 4) is 5.75 Å². The maximum absolute atomic E-state index is 11.1. The van der Waals surface area contributed by atoms with E-state index in [9.17, 15) is 4.79 Å². The molecule has 2 nitrogen and oxygen atoms in total. The third-order valence-electron chi connectivity index (χ3n) is 4.12. The van der Waals surface area contributed by atoms with Crippen molar-refractivity contribution in [3.05, 3.63) is 29.3 Å². The van der Waals surface area contributed by atoms with Crippen LogP contribution in [0.4, 0.5) is 0 Å². The Morgan fingerprint density at radius 1 is 1.26 bits per heavy atom. The molecule has 1 aliphatic carbocycles. The lowest BCUT2D eigenvalue weighted by atomic mass is 9.87. The lowest BCUT2D eigenvalue weighted by Gasteiger charge is -2.21. The van der Waals surface area contributed by atoms with Crippen LogP contribution in [-0.2, 0) is 6.42 Å². The van der Waals surface area contributed by atoms with Crippen LogP contribution in [0.5, 0.6) is 5.75 Å². The topological polar surface area (TPSA) is 26.3 Å². The fraction of sp³-hybridized carbons (Fsp3) is 0.588. The first kappa shape index (κ1) is 14.1. The van der Waals surface area contributed by atoms with Crippen LogP contribution in [0.3, 0.4) is 0 Å². The van der Waals surface area contributed by atoms with E-state index in [0.717, 1.165) is 37.4 Å². The number of ether oxygens (including phenoxy) is 1. The fourth-order valence-electron chi connectivity index (χ4n) is 2.85. The minimum absolute atomic E-state index is 0.683. The van der Waals surface area contributed by atoms with E-state index < -0.39 is 0 Å². The number of carbonyl (C=O) groups excluding carboxylic acids is 1. The predicted molar refractivity (Wildman–Crippen MR) is 77.9 cm³/mol. The van der Waals surface area contributed by atoms with Crippen molar-refractivity contribution >= 4 is 6.29 Å². The molecule has 0 atom stereocenters. The van der Waals surface area contributed by atoms with Crippen LogP contribution in [0.1, 0.15) is 61.4 Å². The average Bonchev–Trinajstić information content (AvgIpc) is 2.48. The number of hydrogen-bond donors (Lipinski definition) is 0. The van der Waals surface area contributed by atoms with Crippen LogP contribution >= 0.6 is 0 Å². The van der Waals surface area contributed by atoms with Crippen LogP contribution < -0.4 is 4.74 Å². The van der Waals surface area contributed by atoms with Crippen LogP contribution in [0, 0.1) is 5.92 Å². The molecule has 0 spiro atoms. The molecule has 0 radical (unpaired) electrons. The number of hydrogen-bond acceptors (Lipinski definition) is 2. The van der Waals surface area contributed by atoms with Gasteiger partial charge in [0.15, 0.2) is 6.29 Å². The lowest BCUT2D eigenvalue weighted by Crippen LogP contribution is -2.11. The van der Waals surface area contributed by atoms with Gasteiger partial charge in [0.05, 0.1) is 12.2 Å². The predicted octanol–water partition coefficient (Wildman–Crippen LogP) is 4.41. The lowest BCUT2D eigenvalue weighted by molar-refractivity contribution is 0.111. The summed E-state index contributed by atoms with van der Waals surface area (Å²) >= 11 is 0. The van der Waals surface area contributed by atoms with Gasteiger partial charge in [0.1, 0.15) is 5.75 Å². The summed E-state index contributed by atoms with van der Waals surface area (Å²) in [5.74, 6) is 1.56. The number of aryl methyl sites for hydroxylation is 1. The zero-order chi connectivity index (χ0) is 13.5. The highest BCUT2D eigenvalue weighted by Gasteiger charge is 2.13. The zero-order valence-corrected chi connectivity index (χ0v) is 11.9. The largest absolute Gasteiger partial charge is 0.493 e. The molecule has 0 unspecified atom stereocenters. The molecule has 1 fully saturated rings. The molecule has 1 aliphatic rings. The van der Waals surface area contributed by atoms with Crippen molar-refractivity contribution in [2.45, 2.75) is 51.9 Å². The first-order chi connectivity index (χ1) is 9.33. The summed E-state index contributed by atoms with van der Waals surface area (Å²) in [6.07, 6.45) is 9.79. The second kappa shape index (κ2) is 7.32. The first-order valence-corrected chi connectivity index (χ1v) is 7.54. The van der Waals surface area contributed by atoms with Gasteiger partial charge >= 0.3 is 0 Å². The molecule has 104 valence electrons. The van der Waals surface area contributed by atoms with E-state index in [0.29, 0.717) is 5.56 Å². The molecule has 0 aliphatic heterocycles. The molecule has 1 saturated carbocycles. The summed E-state index contributed by atoms with van der Waals surface area (Å²) < 4.78 is 5.80. The minimum atomic E-state index is 0.683. The molecule has 0 N–H and O–H groups in total. The van der Waals surface area contributed by atoms with Crippen LogP contribution in [-0.4, -0.2) is 12.9 Å². The molecule has 1 aromatic carbocycles. The monoisotopic (exact) mass is 260 g/mol. The summed E-state index contributed by atoms with van der Waals surface area (Å²) in [6, 6.07) is 5.91. The van der Waals surface area contributed by atoms with Gasteiger partial charge in [-0.25, -0.2) is 0 Å². The van der Waals surface area contributed by atoms with Gasteiger partial charge < -0.3 is 4.74 Å². The van der Waals surface area contributed by atoms with E-state index in [2.05, 4.69) is 6.92 Å². The summed E-state index contributed by atoms with van der Waals surface area (Å²) in [4.78, 5) is 11.1. The Morgan fingerprint density at radius 2 is 2.05 bits per heavy atom. The Balaban J connectivity index is 1.86. The summed E-state index contributed by atoms with van der Waals surface area (Å²) in [6.45, 7) is 2.82. The fourth-order valence-corrected chi connectivity index (χ4v) is 2.85. The van der Waals surface area contributed by atoms with Crippen LogP contribution in [0.2, 0.25) is 0 Å². The molecule has 0 saturated heterocycles. The van der Waals surface area contributed by atoms with Crippen molar-refractivity contribution in [1.29, 1.82) is 0 Å². The normalized spacial score (nSPS) is 16.3. The maximum atomic E-state index is 11.1. The van der Waals surface area contributed by atoms with Crippen molar-refractivity contribution in [2.75, 3.05) is 6.61 Å². The molecule has 1 aromatic rings. The SMILES string of the molecule is CCc1ccc(OCCC2CCCCC2)c(C=O)c1. The zero-order valence-electron chi connectivity index (χ0n) is 11.9. The molecular formula is C17H24O2. The Hall–Kier alpha value is -1.31. The second-order valence-electron chi connectivity index (χ2n) is 5.48. The molecule has 0 amide bonds. The van der Waals surface area contributed by atoms with Gasteiger partial charge in [0.2, 0.25) is 0 Å². The molecule has 19 heavy (non-hydrogen) atoms. The standard InChI is InChI=1S/C17H24O2/c1-2-14-8-9-17(16(12-14)13-18)19-11-10-15-6-4-3-5-7-15/h8-9,12-13,15H,2-7,10-11H2,1H3. The highest BCUT2D eigenvalue weighted by Crippen LogP contribution is 2.27. The third-order valence-corrected chi connectivity index (χ3v) is 4.12. The van der Waals surface area contributed by atoms with E-state index in [1.54, 1.807) is 0 Å². The van der Waals surface area contributed by atoms with Gasteiger partial charge in [-0.1, -0.05) is 45.1 Å². The van der Waals surface area contributed by atoms with Crippen molar-refractivity contribution < 1.29 is 9.53 Å². The molecule has 0 heterocycles. The summed E-state index contributed by atoms with van der Waals surface area (Å²) in [5, 5.41) is 0.